The van der Waals surface area contributed by atoms with E-state index < -0.39 is 17.4 Å². The fraction of sp³-hybridized carbons (Fsp3) is 0.250. The second-order valence-electron chi connectivity index (χ2n) is 3.89. The summed E-state index contributed by atoms with van der Waals surface area (Å²) in [7, 11) is 0. The normalized spacial score (nSPS) is 10.7. The highest BCUT2D eigenvalue weighted by Crippen LogP contribution is 2.25. The lowest BCUT2D eigenvalue weighted by molar-refractivity contribution is 0.102. The van der Waals surface area contributed by atoms with E-state index in [2.05, 4.69) is 26.2 Å². The minimum absolute atomic E-state index is 0.0403. The molecule has 1 aromatic heterocycles. The van der Waals surface area contributed by atoms with E-state index in [0.717, 1.165) is 12.5 Å². The molecule has 0 aliphatic rings. The predicted molar refractivity (Wildman–Crippen MR) is 67.8 cm³/mol. The summed E-state index contributed by atoms with van der Waals surface area (Å²) in [6.07, 6.45) is 2.09. The molecule has 0 saturated carbocycles. The molecule has 7 heteroatoms. The average Bonchev–Trinajstić information content (AvgIpc) is 2.84. The maximum Gasteiger partial charge on any atom is 0.213 e. The van der Waals surface area contributed by atoms with Crippen LogP contribution < -0.4 is 0 Å². The lowest BCUT2D eigenvalue weighted by Crippen LogP contribution is -2.12. The number of halogens is 3. The van der Waals surface area contributed by atoms with Crippen molar-refractivity contribution in [3.63, 3.8) is 0 Å². The number of rotatable bonds is 4. The molecule has 0 bridgehead atoms. The molecule has 1 heterocycles. The molecule has 0 saturated heterocycles. The van der Waals surface area contributed by atoms with Gasteiger partial charge in [-0.2, -0.15) is 0 Å². The first-order chi connectivity index (χ1) is 9.06. The Kier molecular flexibility index (Phi) is 4.04. The molecule has 0 unspecified atom stereocenters. The van der Waals surface area contributed by atoms with Crippen molar-refractivity contribution in [3.8, 4) is 0 Å². The van der Waals surface area contributed by atoms with Gasteiger partial charge in [0.1, 0.15) is 5.69 Å². The molecule has 0 fully saturated rings. The predicted octanol–water partition coefficient (Wildman–Crippen LogP) is 2.96. The second-order valence-corrected chi connectivity index (χ2v) is 4.69. The summed E-state index contributed by atoms with van der Waals surface area (Å²) in [4.78, 5) is 12.3. The summed E-state index contributed by atoms with van der Waals surface area (Å²) < 4.78 is 27.7. The maximum atomic E-state index is 13.4. The van der Waals surface area contributed by atoms with E-state index in [4.69, 9.17) is 0 Å². The molecule has 0 aliphatic heterocycles. The molecule has 100 valence electrons. The van der Waals surface area contributed by atoms with Gasteiger partial charge in [-0.25, -0.2) is 13.5 Å². The third kappa shape index (κ3) is 2.56. The van der Waals surface area contributed by atoms with Gasteiger partial charge in [0.25, 0.3) is 0 Å². The molecule has 1 aromatic carbocycles. The van der Waals surface area contributed by atoms with Crippen LogP contribution in [-0.2, 0) is 6.54 Å². The van der Waals surface area contributed by atoms with Crippen LogP contribution in [0.2, 0.25) is 0 Å². The summed E-state index contributed by atoms with van der Waals surface area (Å²) in [5, 5.41) is 7.45. The fourth-order valence-electron chi connectivity index (χ4n) is 1.65. The molecule has 0 aliphatic carbocycles. The van der Waals surface area contributed by atoms with E-state index >= 15 is 0 Å². The monoisotopic (exact) mass is 329 g/mol. The number of carbonyl (C=O) groups excluding carboxylic acids is 1. The van der Waals surface area contributed by atoms with Crippen molar-refractivity contribution < 1.29 is 13.6 Å². The lowest BCUT2D eigenvalue weighted by atomic mass is 10.1. The lowest BCUT2D eigenvalue weighted by Gasteiger charge is -2.06. The van der Waals surface area contributed by atoms with Crippen molar-refractivity contribution in [2.45, 2.75) is 19.9 Å². The minimum atomic E-state index is -1.08. The van der Waals surface area contributed by atoms with E-state index in [-0.39, 0.29) is 15.7 Å². The molecule has 2 rings (SSSR count). The first kappa shape index (κ1) is 13.8. The van der Waals surface area contributed by atoms with Gasteiger partial charge in [-0.3, -0.25) is 4.79 Å². The molecule has 0 spiro atoms. The zero-order chi connectivity index (χ0) is 14.0. The molecule has 0 radical (unpaired) electrons. The zero-order valence-electron chi connectivity index (χ0n) is 10.0. The van der Waals surface area contributed by atoms with Gasteiger partial charge in [0.05, 0.1) is 10.7 Å². The molecule has 0 atom stereocenters. The molecule has 2 aromatic rings. The van der Waals surface area contributed by atoms with E-state index in [0.29, 0.717) is 6.54 Å². The van der Waals surface area contributed by atoms with Gasteiger partial charge >= 0.3 is 0 Å². The van der Waals surface area contributed by atoms with Crippen molar-refractivity contribution in [1.29, 1.82) is 0 Å². The van der Waals surface area contributed by atoms with Gasteiger partial charge in [0, 0.05) is 12.1 Å². The van der Waals surface area contributed by atoms with Crippen LogP contribution in [0.1, 0.15) is 29.4 Å². The third-order valence-corrected chi connectivity index (χ3v) is 3.34. The molecule has 0 N–H and O–H groups in total. The molecule has 0 amide bonds. The Hall–Kier alpha value is -1.63. The molecule has 4 nitrogen and oxygen atoms in total. The highest BCUT2D eigenvalue weighted by atomic mass is 79.9. The Morgan fingerprint density at radius 2 is 2.16 bits per heavy atom. The van der Waals surface area contributed by atoms with E-state index in [1.807, 2.05) is 6.92 Å². The van der Waals surface area contributed by atoms with Crippen LogP contribution in [0.25, 0.3) is 0 Å². The number of aryl methyl sites for hydroxylation is 1. The largest absolute Gasteiger partial charge is 0.287 e. The fourth-order valence-corrected chi connectivity index (χ4v) is 2.15. The van der Waals surface area contributed by atoms with Crippen molar-refractivity contribution in [3.05, 3.63) is 45.7 Å². The quantitative estimate of drug-likeness (QED) is 0.640. The minimum Gasteiger partial charge on any atom is -0.287 e. The highest BCUT2D eigenvalue weighted by Gasteiger charge is 2.21. The Morgan fingerprint density at radius 3 is 2.84 bits per heavy atom. The van der Waals surface area contributed by atoms with E-state index in [1.54, 1.807) is 0 Å². The van der Waals surface area contributed by atoms with Crippen LogP contribution in [0.4, 0.5) is 8.78 Å². The zero-order valence-corrected chi connectivity index (χ0v) is 11.6. The standard InChI is InChI=1S/C12H10BrF2N3O/c1-2-5-18-9(6-16-17-18)12(19)7-3-4-8(14)11(15)10(7)13/h3-4,6H,2,5H2,1H3. The third-order valence-electron chi connectivity index (χ3n) is 2.57. The average molecular weight is 330 g/mol. The van der Waals surface area contributed by atoms with Gasteiger partial charge in [0.2, 0.25) is 5.78 Å². The summed E-state index contributed by atoms with van der Waals surface area (Å²) in [6, 6.07) is 2.15. The van der Waals surface area contributed by atoms with E-state index in [9.17, 15) is 13.6 Å². The van der Waals surface area contributed by atoms with Gasteiger partial charge in [0.15, 0.2) is 11.6 Å². The summed E-state index contributed by atoms with van der Waals surface area (Å²) in [5.74, 6) is -2.55. The second kappa shape index (κ2) is 5.56. The number of hydrogen-bond acceptors (Lipinski definition) is 3. The number of carbonyl (C=O) groups is 1. The first-order valence-electron chi connectivity index (χ1n) is 5.63. The molecular weight excluding hydrogens is 320 g/mol. The first-order valence-corrected chi connectivity index (χ1v) is 6.42. The molecule has 19 heavy (non-hydrogen) atoms. The van der Waals surface area contributed by atoms with Crippen LogP contribution in [0.5, 0.6) is 0 Å². The Balaban J connectivity index is 2.45. The Labute approximate surface area is 116 Å². The van der Waals surface area contributed by atoms with Crippen LogP contribution in [-0.4, -0.2) is 20.8 Å². The van der Waals surface area contributed by atoms with Crippen LogP contribution >= 0.6 is 15.9 Å². The SMILES string of the molecule is CCCn1nncc1C(=O)c1ccc(F)c(F)c1Br. The number of hydrogen-bond donors (Lipinski definition) is 0. The van der Waals surface area contributed by atoms with Crippen molar-refractivity contribution in [2.24, 2.45) is 0 Å². The van der Waals surface area contributed by atoms with Gasteiger partial charge in [-0.05, 0) is 34.5 Å². The van der Waals surface area contributed by atoms with Crippen molar-refractivity contribution in [1.82, 2.24) is 15.0 Å². The summed E-state index contributed by atoms with van der Waals surface area (Å²) in [6.45, 7) is 2.46. The van der Waals surface area contributed by atoms with Crippen LogP contribution in [0.15, 0.2) is 22.8 Å². The van der Waals surface area contributed by atoms with Crippen LogP contribution in [0.3, 0.4) is 0 Å². The van der Waals surface area contributed by atoms with Crippen molar-refractivity contribution in [2.75, 3.05) is 0 Å². The van der Waals surface area contributed by atoms with E-state index in [1.165, 1.54) is 16.9 Å². The van der Waals surface area contributed by atoms with Gasteiger partial charge in [-0.15, -0.1) is 5.10 Å². The highest BCUT2D eigenvalue weighted by molar-refractivity contribution is 9.10. The smallest absolute Gasteiger partial charge is 0.213 e. The summed E-state index contributed by atoms with van der Waals surface area (Å²) in [5.41, 5.74) is 0.284. The number of nitrogens with zero attached hydrogens (tertiary/aromatic N) is 3. The van der Waals surface area contributed by atoms with Gasteiger partial charge < -0.3 is 0 Å². The van der Waals surface area contributed by atoms with Crippen LogP contribution in [0, 0.1) is 11.6 Å². The topological polar surface area (TPSA) is 47.8 Å². The maximum absolute atomic E-state index is 13.4. The van der Waals surface area contributed by atoms with Crippen molar-refractivity contribution >= 4 is 21.7 Å². The Bertz CT molecular complexity index is 627. The Morgan fingerprint density at radius 1 is 1.42 bits per heavy atom. The number of ketones is 1. The number of aromatic nitrogens is 3. The number of benzene rings is 1. The summed E-state index contributed by atoms with van der Waals surface area (Å²) >= 11 is 2.89. The van der Waals surface area contributed by atoms with Gasteiger partial charge in [-0.1, -0.05) is 12.1 Å². The molecular formula is C12H10BrF2N3O.